The first kappa shape index (κ1) is 24.5. The van der Waals surface area contributed by atoms with Crippen LogP contribution >= 0.6 is 22.7 Å². The van der Waals surface area contributed by atoms with Gasteiger partial charge in [-0.2, -0.15) is 10.5 Å². The van der Waals surface area contributed by atoms with Crippen molar-refractivity contribution in [1.82, 2.24) is 0 Å². The lowest BCUT2D eigenvalue weighted by atomic mass is 9.91. The van der Waals surface area contributed by atoms with E-state index >= 15 is 0 Å². The zero-order valence-corrected chi connectivity index (χ0v) is 23.9. The van der Waals surface area contributed by atoms with Crippen molar-refractivity contribution in [3.63, 3.8) is 0 Å². The third-order valence-electron chi connectivity index (χ3n) is 7.89. The van der Waals surface area contributed by atoms with Crippen LogP contribution in [0.4, 0.5) is 0 Å². The summed E-state index contributed by atoms with van der Waals surface area (Å²) in [6, 6.07) is 46.8. The normalized spacial score (nSPS) is 11.3. The molecule has 0 aliphatic rings. The van der Waals surface area contributed by atoms with E-state index in [4.69, 9.17) is 0 Å². The van der Waals surface area contributed by atoms with E-state index in [1.165, 1.54) is 51.5 Å². The van der Waals surface area contributed by atoms with Crippen molar-refractivity contribution in [3.8, 4) is 45.5 Å². The largest absolute Gasteiger partial charge is 0.192 e. The average Bonchev–Trinajstić information content (AvgIpc) is 3.63. The van der Waals surface area contributed by atoms with Gasteiger partial charge in [0.2, 0.25) is 0 Å². The van der Waals surface area contributed by atoms with Gasteiger partial charge in [0.25, 0.3) is 0 Å². The number of nitrogens with zero attached hydrogens (tertiary/aromatic N) is 2. The van der Waals surface area contributed by atoms with E-state index < -0.39 is 0 Å². The molecule has 0 saturated carbocycles. The second-order valence-corrected chi connectivity index (χ2v) is 12.5. The first-order chi connectivity index (χ1) is 20.7. The number of nitriles is 2. The number of hydrogen-bond donors (Lipinski definition) is 0. The number of thiophene rings is 2. The minimum Gasteiger partial charge on any atom is -0.192 e. The molecule has 2 nitrogen and oxygen atoms in total. The molecule has 0 bridgehead atoms. The van der Waals surface area contributed by atoms with Crippen LogP contribution in [-0.4, -0.2) is 0 Å². The van der Waals surface area contributed by atoms with Crippen LogP contribution in [0.25, 0.3) is 73.7 Å². The Bertz CT molecular complexity index is 2280. The third-order valence-corrected chi connectivity index (χ3v) is 10.3. The fraction of sp³-hybridized carbons (Fsp3) is 0. The molecule has 8 aromatic rings. The van der Waals surface area contributed by atoms with E-state index in [1.54, 1.807) is 6.07 Å². The van der Waals surface area contributed by atoms with Gasteiger partial charge >= 0.3 is 0 Å². The molecular formula is C38H20N2S2. The Morgan fingerprint density at radius 3 is 1.33 bits per heavy atom. The average molecular weight is 569 g/mol. The molecule has 2 heterocycles. The lowest BCUT2D eigenvalue weighted by molar-refractivity contribution is 1.44. The van der Waals surface area contributed by atoms with Crippen molar-refractivity contribution < 1.29 is 0 Å². The van der Waals surface area contributed by atoms with Crippen molar-refractivity contribution in [3.05, 3.63) is 132 Å². The second-order valence-electron chi connectivity index (χ2n) is 10.4. The van der Waals surface area contributed by atoms with Crippen LogP contribution in [0.15, 0.2) is 121 Å². The molecule has 194 valence electrons. The van der Waals surface area contributed by atoms with Crippen molar-refractivity contribution in [2.24, 2.45) is 0 Å². The minimum atomic E-state index is 0.481. The van der Waals surface area contributed by atoms with Gasteiger partial charge in [-0.25, -0.2) is 0 Å². The molecule has 0 aliphatic heterocycles. The topological polar surface area (TPSA) is 47.6 Å². The molecule has 0 radical (unpaired) electrons. The predicted molar refractivity (Wildman–Crippen MR) is 178 cm³/mol. The van der Waals surface area contributed by atoms with Crippen molar-refractivity contribution in [2.75, 3.05) is 0 Å². The summed E-state index contributed by atoms with van der Waals surface area (Å²) in [4.78, 5) is 0. The Labute approximate surface area is 250 Å². The second kappa shape index (κ2) is 9.68. The number of rotatable bonds is 3. The van der Waals surface area contributed by atoms with Gasteiger partial charge < -0.3 is 0 Å². The van der Waals surface area contributed by atoms with E-state index in [2.05, 4.69) is 115 Å². The fourth-order valence-electron chi connectivity index (χ4n) is 5.98. The van der Waals surface area contributed by atoms with Gasteiger partial charge in [-0.1, -0.05) is 72.8 Å². The summed E-state index contributed by atoms with van der Waals surface area (Å²) in [7, 11) is 0. The molecule has 6 aromatic carbocycles. The molecular weight excluding hydrogens is 549 g/mol. The summed E-state index contributed by atoms with van der Waals surface area (Å²) in [5.74, 6) is 0. The smallest absolute Gasteiger partial charge is 0.0992 e. The van der Waals surface area contributed by atoms with Crippen LogP contribution in [0.3, 0.4) is 0 Å². The first-order valence-corrected chi connectivity index (χ1v) is 15.3. The van der Waals surface area contributed by atoms with Crippen LogP contribution in [0, 0.1) is 22.7 Å². The summed E-state index contributed by atoms with van der Waals surface area (Å²) in [5.41, 5.74) is 7.38. The zero-order chi connectivity index (χ0) is 28.2. The lowest BCUT2D eigenvalue weighted by Gasteiger charge is -2.13. The van der Waals surface area contributed by atoms with Crippen molar-refractivity contribution in [1.29, 1.82) is 10.5 Å². The molecule has 0 aliphatic carbocycles. The Hall–Kier alpha value is -5.26. The van der Waals surface area contributed by atoms with Crippen LogP contribution in [0.5, 0.6) is 0 Å². The zero-order valence-electron chi connectivity index (χ0n) is 22.3. The summed E-state index contributed by atoms with van der Waals surface area (Å²) in [5, 5.41) is 24.5. The van der Waals surface area contributed by atoms with E-state index in [0.29, 0.717) is 11.1 Å². The van der Waals surface area contributed by atoms with Crippen LogP contribution in [0.2, 0.25) is 0 Å². The monoisotopic (exact) mass is 568 g/mol. The van der Waals surface area contributed by atoms with Crippen molar-refractivity contribution in [2.45, 2.75) is 0 Å². The van der Waals surface area contributed by atoms with Gasteiger partial charge in [0.15, 0.2) is 0 Å². The molecule has 0 N–H and O–H groups in total. The molecule has 0 fully saturated rings. The van der Waals surface area contributed by atoms with Crippen LogP contribution < -0.4 is 0 Å². The van der Waals surface area contributed by atoms with Crippen LogP contribution in [-0.2, 0) is 0 Å². The summed E-state index contributed by atoms with van der Waals surface area (Å²) in [6.07, 6.45) is 0. The highest BCUT2D eigenvalue weighted by Crippen LogP contribution is 2.44. The quantitative estimate of drug-likeness (QED) is 0.213. The highest BCUT2D eigenvalue weighted by molar-refractivity contribution is 7.26. The number of fused-ring (bicyclic) bond motifs is 6. The maximum Gasteiger partial charge on any atom is 0.0992 e. The molecule has 42 heavy (non-hydrogen) atoms. The molecule has 0 saturated heterocycles. The lowest BCUT2D eigenvalue weighted by Crippen LogP contribution is -1.89. The Morgan fingerprint density at radius 2 is 0.833 bits per heavy atom. The minimum absolute atomic E-state index is 0.481. The Morgan fingerprint density at radius 1 is 0.405 bits per heavy atom. The molecule has 0 atom stereocenters. The first-order valence-electron chi connectivity index (χ1n) is 13.6. The van der Waals surface area contributed by atoms with Gasteiger partial charge in [-0.15, -0.1) is 22.7 Å². The standard InChI is InChI=1S/C38H20N2S2/c39-21-23-15-24(22-40)17-25(16-23)26-18-27(29-9-5-11-33-31-7-1-3-13-35(31)41-37(29)33)20-28(19-26)30-10-6-12-34-32-8-2-4-14-36(32)42-38(30)34/h1-20H. The van der Waals surface area contributed by atoms with E-state index in [-0.39, 0.29) is 0 Å². The Balaban J connectivity index is 1.44. The molecule has 0 spiro atoms. The van der Waals surface area contributed by atoms with Crippen molar-refractivity contribution >= 4 is 63.0 Å². The maximum absolute atomic E-state index is 9.71. The molecule has 0 amide bonds. The summed E-state index contributed by atoms with van der Waals surface area (Å²) >= 11 is 3.64. The van der Waals surface area contributed by atoms with Crippen LogP contribution in [0.1, 0.15) is 11.1 Å². The molecule has 2 aromatic heterocycles. The van der Waals surface area contributed by atoms with Gasteiger partial charge in [-0.3, -0.25) is 0 Å². The van der Waals surface area contributed by atoms with E-state index in [0.717, 1.165) is 22.3 Å². The third kappa shape index (κ3) is 3.90. The molecule has 8 rings (SSSR count). The SMILES string of the molecule is N#Cc1cc(C#N)cc(-c2cc(-c3cccc4c3sc3ccccc34)cc(-c3cccc4c3sc3ccccc34)c2)c1. The highest BCUT2D eigenvalue weighted by Gasteiger charge is 2.16. The maximum atomic E-state index is 9.71. The fourth-order valence-corrected chi connectivity index (χ4v) is 8.45. The van der Waals surface area contributed by atoms with E-state index in [1.807, 2.05) is 34.8 Å². The van der Waals surface area contributed by atoms with Gasteiger partial charge in [-0.05, 0) is 81.9 Å². The number of hydrogen-bond acceptors (Lipinski definition) is 4. The van der Waals surface area contributed by atoms with Gasteiger partial charge in [0.1, 0.15) is 0 Å². The summed E-state index contributed by atoms with van der Waals surface area (Å²) < 4.78 is 5.05. The van der Waals surface area contributed by atoms with Gasteiger partial charge in [0, 0.05) is 40.3 Å². The number of benzene rings is 6. The molecule has 4 heteroatoms. The Kier molecular flexibility index (Phi) is 5.66. The molecule has 0 unspecified atom stereocenters. The van der Waals surface area contributed by atoms with Gasteiger partial charge in [0.05, 0.1) is 23.3 Å². The van der Waals surface area contributed by atoms with E-state index in [9.17, 15) is 10.5 Å². The highest BCUT2D eigenvalue weighted by atomic mass is 32.1. The predicted octanol–water partition coefficient (Wildman–Crippen LogP) is 11.2. The summed E-state index contributed by atoms with van der Waals surface area (Å²) in [6.45, 7) is 0.